The number of rotatable bonds is 4. The van der Waals surface area contributed by atoms with Gasteiger partial charge in [0.15, 0.2) is 0 Å². The van der Waals surface area contributed by atoms with E-state index in [-0.39, 0.29) is 11.9 Å². The zero-order valence-electron chi connectivity index (χ0n) is 13.5. The quantitative estimate of drug-likeness (QED) is 0.760. The number of pyridine rings is 1. The van der Waals surface area contributed by atoms with Gasteiger partial charge in [0.25, 0.3) is 0 Å². The fourth-order valence-corrected chi connectivity index (χ4v) is 2.79. The molecule has 0 unspecified atom stereocenters. The van der Waals surface area contributed by atoms with Crippen LogP contribution in [-0.4, -0.2) is 24.2 Å². The molecule has 1 aromatic carbocycles. The summed E-state index contributed by atoms with van der Waals surface area (Å²) in [6.45, 7) is 1.77. The van der Waals surface area contributed by atoms with Crippen LogP contribution in [0.4, 0.5) is 23.4 Å². The molecule has 0 atom stereocenters. The van der Waals surface area contributed by atoms with Crippen molar-refractivity contribution in [1.82, 2.24) is 4.98 Å². The van der Waals surface area contributed by atoms with Crippen LogP contribution in [0.2, 0.25) is 0 Å². The van der Waals surface area contributed by atoms with Crippen molar-refractivity contribution in [2.45, 2.75) is 31.7 Å². The van der Waals surface area contributed by atoms with E-state index in [0.717, 1.165) is 30.7 Å². The van der Waals surface area contributed by atoms with E-state index in [1.807, 2.05) is 4.90 Å². The highest BCUT2D eigenvalue weighted by atomic mass is 19.4. The highest BCUT2D eigenvalue weighted by Crippen LogP contribution is 2.30. The monoisotopic (exact) mass is 354 g/mol. The number of aromatic nitrogens is 1. The summed E-state index contributed by atoms with van der Waals surface area (Å²) in [5.74, 6) is 0.270. The van der Waals surface area contributed by atoms with Crippen LogP contribution in [0.1, 0.15) is 24.0 Å². The Morgan fingerprint density at radius 3 is 2.28 bits per heavy atom. The average Bonchev–Trinajstić information content (AvgIpc) is 2.61. The second kappa shape index (κ2) is 7.39. The molecule has 0 spiro atoms. The van der Waals surface area contributed by atoms with Gasteiger partial charge in [0.2, 0.25) is 0 Å². The number of alkyl halides is 3. The highest BCUT2D eigenvalue weighted by Gasteiger charge is 2.31. The molecule has 25 heavy (non-hydrogen) atoms. The summed E-state index contributed by atoms with van der Waals surface area (Å²) in [4.78, 5) is 5.88. The van der Waals surface area contributed by atoms with Gasteiger partial charge in [-0.15, -0.1) is 0 Å². The van der Waals surface area contributed by atoms with Gasteiger partial charge in [0.1, 0.15) is 11.6 Å². The number of ether oxygens (including phenoxy) is 1. The summed E-state index contributed by atoms with van der Waals surface area (Å²) < 4.78 is 56.4. The van der Waals surface area contributed by atoms with E-state index in [1.165, 1.54) is 18.2 Å². The Balaban J connectivity index is 1.49. The number of nitrogens with zero attached hydrogens (tertiary/aromatic N) is 2. The van der Waals surface area contributed by atoms with Crippen LogP contribution in [0.15, 0.2) is 42.6 Å². The fraction of sp³-hybridized carbons (Fsp3) is 0.389. The fourth-order valence-electron chi connectivity index (χ4n) is 2.79. The summed E-state index contributed by atoms with van der Waals surface area (Å²) in [5, 5.41) is 0. The van der Waals surface area contributed by atoms with Crippen LogP contribution in [-0.2, 0) is 17.5 Å². The Labute approximate surface area is 143 Å². The van der Waals surface area contributed by atoms with E-state index >= 15 is 0 Å². The molecular weight excluding hydrogens is 336 g/mol. The van der Waals surface area contributed by atoms with E-state index in [2.05, 4.69) is 4.98 Å². The lowest BCUT2D eigenvalue weighted by Crippen LogP contribution is -2.37. The molecule has 3 nitrogen and oxygen atoms in total. The minimum Gasteiger partial charge on any atom is -0.373 e. The van der Waals surface area contributed by atoms with Crippen LogP contribution in [0.5, 0.6) is 0 Å². The molecule has 1 aliphatic heterocycles. The Hall–Kier alpha value is -2.15. The molecule has 3 rings (SSSR count). The minimum absolute atomic E-state index is 0.0794. The summed E-state index contributed by atoms with van der Waals surface area (Å²) >= 11 is 0. The molecule has 134 valence electrons. The number of hydrogen-bond donors (Lipinski definition) is 0. The first kappa shape index (κ1) is 17.7. The number of halogens is 4. The highest BCUT2D eigenvalue weighted by molar-refractivity contribution is 5.40. The number of piperidine rings is 1. The summed E-state index contributed by atoms with van der Waals surface area (Å²) in [6.07, 6.45) is -1.89. The predicted octanol–water partition coefficient (Wildman–Crippen LogP) is 4.43. The predicted molar refractivity (Wildman–Crippen MR) is 85.7 cm³/mol. The van der Waals surface area contributed by atoms with Gasteiger partial charge in [-0.25, -0.2) is 9.37 Å². The topological polar surface area (TPSA) is 25.4 Å². The van der Waals surface area contributed by atoms with Gasteiger partial charge in [0.05, 0.1) is 18.3 Å². The van der Waals surface area contributed by atoms with E-state index in [4.69, 9.17) is 4.74 Å². The van der Waals surface area contributed by atoms with Crippen molar-refractivity contribution >= 4 is 5.82 Å². The normalized spacial score (nSPS) is 16.2. The second-order valence-corrected chi connectivity index (χ2v) is 6.03. The maximum absolute atomic E-state index is 12.9. The Bertz CT molecular complexity index is 678. The van der Waals surface area contributed by atoms with E-state index in [1.54, 1.807) is 12.1 Å². The van der Waals surface area contributed by atoms with Gasteiger partial charge in [-0.3, -0.25) is 0 Å². The molecule has 2 heterocycles. The van der Waals surface area contributed by atoms with Crippen LogP contribution in [0, 0.1) is 5.82 Å². The van der Waals surface area contributed by atoms with Crippen LogP contribution in [0.25, 0.3) is 0 Å². The maximum atomic E-state index is 12.9. The van der Waals surface area contributed by atoms with Gasteiger partial charge in [-0.2, -0.15) is 13.2 Å². The number of hydrogen-bond acceptors (Lipinski definition) is 3. The Kier molecular flexibility index (Phi) is 5.22. The van der Waals surface area contributed by atoms with E-state index in [9.17, 15) is 17.6 Å². The largest absolute Gasteiger partial charge is 0.417 e. The van der Waals surface area contributed by atoms with Crippen molar-refractivity contribution in [3.05, 3.63) is 59.5 Å². The van der Waals surface area contributed by atoms with E-state index < -0.39 is 11.7 Å². The Morgan fingerprint density at radius 2 is 1.72 bits per heavy atom. The molecular formula is C18H18F4N2O. The van der Waals surface area contributed by atoms with Crippen molar-refractivity contribution in [2.75, 3.05) is 18.0 Å². The molecule has 1 aliphatic rings. The number of anilines is 1. The van der Waals surface area contributed by atoms with Crippen LogP contribution >= 0.6 is 0 Å². The molecule has 1 saturated heterocycles. The molecule has 0 aliphatic carbocycles. The molecule has 0 radical (unpaired) electrons. The van der Waals surface area contributed by atoms with Gasteiger partial charge in [-0.1, -0.05) is 12.1 Å². The third-order valence-corrected chi connectivity index (χ3v) is 4.24. The van der Waals surface area contributed by atoms with Crippen molar-refractivity contribution in [2.24, 2.45) is 0 Å². The summed E-state index contributed by atoms with van der Waals surface area (Å²) in [5.41, 5.74) is 0.169. The zero-order valence-corrected chi connectivity index (χ0v) is 13.5. The summed E-state index contributed by atoms with van der Waals surface area (Å²) in [7, 11) is 0. The third kappa shape index (κ3) is 4.69. The first-order valence-corrected chi connectivity index (χ1v) is 8.06. The summed E-state index contributed by atoms with van der Waals surface area (Å²) in [6, 6.07) is 8.64. The van der Waals surface area contributed by atoms with Crippen molar-refractivity contribution in [3.8, 4) is 0 Å². The molecule has 1 aromatic heterocycles. The zero-order chi connectivity index (χ0) is 17.9. The lowest BCUT2D eigenvalue weighted by atomic mass is 10.1. The smallest absolute Gasteiger partial charge is 0.373 e. The molecule has 7 heteroatoms. The van der Waals surface area contributed by atoms with Gasteiger partial charge < -0.3 is 9.64 Å². The van der Waals surface area contributed by atoms with Gasteiger partial charge in [-0.05, 0) is 42.7 Å². The van der Waals surface area contributed by atoms with Crippen molar-refractivity contribution in [1.29, 1.82) is 0 Å². The average molecular weight is 354 g/mol. The van der Waals surface area contributed by atoms with Crippen molar-refractivity contribution in [3.63, 3.8) is 0 Å². The second-order valence-electron chi connectivity index (χ2n) is 6.03. The van der Waals surface area contributed by atoms with Gasteiger partial charge in [0, 0.05) is 19.3 Å². The third-order valence-electron chi connectivity index (χ3n) is 4.24. The maximum Gasteiger partial charge on any atom is 0.417 e. The Morgan fingerprint density at radius 1 is 1.04 bits per heavy atom. The first-order chi connectivity index (χ1) is 11.9. The van der Waals surface area contributed by atoms with Crippen LogP contribution < -0.4 is 4.90 Å². The lowest BCUT2D eigenvalue weighted by molar-refractivity contribution is -0.137. The number of benzene rings is 1. The lowest BCUT2D eigenvalue weighted by Gasteiger charge is -2.32. The minimum atomic E-state index is -4.37. The molecule has 1 fully saturated rings. The van der Waals surface area contributed by atoms with Crippen LogP contribution in [0.3, 0.4) is 0 Å². The standard InChI is InChI=1S/C18H18F4N2O/c19-15-4-1-13(2-5-15)12-25-16-7-9-24(10-8-16)17-6-3-14(11-23-17)18(20,21)22/h1-6,11,16H,7-10,12H2. The molecule has 2 aromatic rings. The van der Waals surface area contributed by atoms with Gasteiger partial charge >= 0.3 is 6.18 Å². The molecule has 0 amide bonds. The van der Waals surface area contributed by atoms with E-state index in [0.29, 0.717) is 25.5 Å². The van der Waals surface area contributed by atoms with Crippen molar-refractivity contribution < 1.29 is 22.3 Å². The first-order valence-electron chi connectivity index (χ1n) is 8.06. The molecule has 0 bridgehead atoms. The molecule has 0 saturated carbocycles. The SMILES string of the molecule is Fc1ccc(COC2CCN(c3ccc(C(F)(F)F)cn3)CC2)cc1. The molecule has 0 N–H and O–H groups in total.